The zero-order valence-corrected chi connectivity index (χ0v) is 12.6. The maximum atomic E-state index is 12.9. The van der Waals surface area contributed by atoms with Gasteiger partial charge in [-0.2, -0.15) is 0 Å². The Kier molecular flexibility index (Phi) is 5.85. The fourth-order valence-electron chi connectivity index (χ4n) is 1.46. The van der Waals surface area contributed by atoms with Crippen LogP contribution in [0.1, 0.15) is 34.8 Å². The van der Waals surface area contributed by atoms with Crippen molar-refractivity contribution in [3.8, 4) is 5.75 Å². The fourth-order valence-corrected chi connectivity index (χ4v) is 1.46. The monoisotopic (exact) mass is 313 g/mol. The number of methoxy groups -OCH3 is 2. The lowest BCUT2D eigenvalue weighted by molar-refractivity contribution is 0.0554. The third-order valence-corrected chi connectivity index (χ3v) is 2.87. The number of hydrogen-bond donors (Lipinski definition) is 1. The van der Waals surface area contributed by atoms with E-state index in [1.54, 1.807) is 0 Å². The van der Waals surface area contributed by atoms with E-state index >= 15 is 0 Å². The highest BCUT2D eigenvalue weighted by molar-refractivity contribution is 5.96. The van der Waals surface area contributed by atoms with Gasteiger partial charge < -0.3 is 19.2 Å². The third-order valence-electron chi connectivity index (χ3n) is 2.87. The van der Waals surface area contributed by atoms with E-state index in [4.69, 9.17) is 9.15 Å². The largest absolute Gasteiger partial charge is 0.489 e. The zero-order chi connectivity index (χ0) is 16.9. The first-order chi connectivity index (χ1) is 10.3. The quantitative estimate of drug-likeness (QED) is 0.826. The van der Waals surface area contributed by atoms with Crippen LogP contribution in [-0.2, 0) is 4.74 Å². The molecule has 1 aromatic heterocycles. The van der Waals surface area contributed by atoms with Gasteiger partial charge in [0.05, 0.1) is 20.0 Å². The molecule has 1 aromatic rings. The van der Waals surface area contributed by atoms with Crippen molar-refractivity contribution >= 4 is 11.9 Å². The molecule has 1 rings (SSSR count). The maximum absolute atomic E-state index is 12.9. The second kappa shape index (κ2) is 7.39. The molecule has 1 N–H and O–H groups in total. The van der Waals surface area contributed by atoms with Crippen molar-refractivity contribution < 1.29 is 27.9 Å². The number of nitrogens with one attached hydrogen (secondary N) is 1. The van der Waals surface area contributed by atoms with Crippen molar-refractivity contribution in [2.24, 2.45) is 0 Å². The number of allylic oxidation sites excluding steroid dienone is 1. The van der Waals surface area contributed by atoms with E-state index in [9.17, 15) is 18.8 Å². The Balaban J connectivity index is 3.12. The predicted molar refractivity (Wildman–Crippen MR) is 74.7 cm³/mol. The minimum absolute atomic E-state index is 0.0678. The maximum Gasteiger partial charge on any atom is 0.378 e. The highest BCUT2D eigenvalue weighted by Crippen LogP contribution is 2.15. The van der Waals surface area contributed by atoms with Crippen LogP contribution in [0, 0.1) is 0 Å². The molecule has 0 aromatic carbocycles. The number of amides is 1. The summed E-state index contributed by atoms with van der Waals surface area (Å²) in [4.78, 5) is 35.5. The number of ether oxygens (including phenoxy) is 2. The smallest absolute Gasteiger partial charge is 0.378 e. The van der Waals surface area contributed by atoms with Gasteiger partial charge in [-0.05, 0) is 19.4 Å². The van der Waals surface area contributed by atoms with E-state index < -0.39 is 34.6 Å². The Morgan fingerprint density at radius 3 is 2.45 bits per heavy atom. The van der Waals surface area contributed by atoms with Gasteiger partial charge in [0.2, 0.25) is 11.2 Å². The highest BCUT2D eigenvalue weighted by atomic mass is 19.1. The number of halogens is 1. The Morgan fingerprint density at radius 2 is 1.95 bits per heavy atom. The molecule has 0 aliphatic rings. The molecule has 0 saturated heterocycles. The van der Waals surface area contributed by atoms with E-state index in [1.807, 2.05) is 0 Å². The molecule has 0 fully saturated rings. The summed E-state index contributed by atoms with van der Waals surface area (Å²) in [6.45, 7) is 2.69. The molecule has 0 saturated carbocycles. The van der Waals surface area contributed by atoms with Gasteiger partial charge in [-0.3, -0.25) is 9.59 Å². The molecule has 0 atom stereocenters. The number of hydrogen-bond acceptors (Lipinski definition) is 6. The van der Waals surface area contributed by atoms with Gasteiger partial charge in [0.1, 0.15) is 11.8 Å². The Morgan fingerprint density at radius 1 is 1.32 bits per heavy atom. The lowest BCUT2D eigenvalue weighted by atomic mass is 10.2. The first-order valence-electron chi connectivity index (χ1n) is 6.21. The molecule has 1 amide bonds. The molecule has 0 aliphatic heterocycles. The first-order valence-corrected chi connectivity index (χ1v) is 6.21. The van der Waals surface area contributed by atoms with E-state index in [-0.39, 0.29) is 12.1 Å². The molecule has 0 bridgehead atoms. The standard InChI is InChI=1S/C14H16FNO6/c1-7(8(2)15)5-16-13(18)9-6-22-12(14(19)21-4)11(20-3)10(9)17/h6H,5H2,1-4H3,(H,16,18)/b8-7-. The third kappa shape index (κ3) is 3.72. The summed E-state index contributed by atoms with van der Waals surface area (Å²) in [5.41, 5.74) is -0.880. The molecule has 0 spiro atoms. The molecule has 22 heavy (non-hydrogen) atoms. The topological polar surface area (TPSA) is 94.8 Å². The Hall–Kier alpha value is -2.64. The van der Waals surface area contributed by atoms with Crippen LogP contribution in [0.25, 0.3) is 0 Å². The van der Waals surface area contributed by atoms with Crippen LogP contribution in [-0.4, -0.2) is 32.6 Å². The molecule has 120 valence electrons. The van der Waals surface area contributed by atoms with E-state index in [0.717, 1.165) is 20.5 Å². The van der Waals surface area contributed by atoms with Gasteiger partial charge in [-0.15, -0.1) is 0 Å². The number of esters is 1. The van der Waals surface area contributed by atoms with Crippen LogP contribution < -0.4 is 15.5 Å². The second-order valence-electron chi connectivity index (χ2n) is 4.33. The van der Waals surface area contributed by atoms with Gasteiger partial charge in [-0.25, -0.2) is 9.18 Å². The van der Waals surface area contributed by atoms with Crippen LogP contribution in [0.3, 0.4) is 0 Å². The Bertz CT molecular complexity index is 672. The lowest BCUT2D eigenvalue weighted by Crippen LogP contribution is -2.30. The highest BCUT2D eigenvalue weighted by Gasteiger charge is 2.24. The predicted octanol–water partition coefficient (Wildman–Crippen LogP) is 1.43. The van der Waals surface area contributed by atoms with Crippen molar-refractivity contribution in [3.05, 3.63) is 39.2 Å². The van der Waals surface area contributed by atoms with Crippen LogP contribution in [0.4, 0.5) is 4.39 Å². The Labute approximate surface area is 125 Å². The summed E-state index contributed by atoms with van der Waals surface area (Å²) >= 11 is 0. The zero-order valence-electron chi connectivity index (χ0n) is 12.6. The number of rotatable bonds is 5. The molecular weight excluding hydrogens is 297 g/mol. The molecule has 0 unspecified atom stereocenters. The molecule has 8 heteroatoms. The first kappa shape index (κ1) is 17.4. The average molecular weight is 313 g/mol. The SMILES string of the molecule is COC(=O)c1occ(C(=O)NC/C(C)=C(/C)F)c(=O)c1OC. The van der Waals surface area contributed by atoms with Crippen molar-refractivity contribution in [3.63, 3.8) is 0 Å². The summed E-state index contributed by atoms with van der Waals surface area (Å²) in [5, 5.41) is 2.37. The van der Waals surface area contributed by atoms with Gasteiger partial charge in [0, 0.05) is 6.54 Å². The van der Waals surface area contributed by atoms with E-state index in [2.05, 4.69) is 10.1 Å². The summed E-state index contributed by atoms with van der Waals surface area (Å²) < 4.78 is 27.1. The number of carbonyl (C=O) groups excluding carboxylic acids is 2. The summed E-state index contributed by atoms with van der Waals surface area (Å²) in [6, 6.07) is 0. The van der Waals surface area contributed by atoms with Crippen LogP contribution in [0.15, 0.2) is 26.9 Å². The summed E-state index contributed by atoms with van der Waals surface area (Å²) in [7, 11) is 2.26. The second-order valence-corrected chi connectivity index (χ2v) is 4.33. The van der Waals surface area contributed by atoms with Crippen LogP contribution in [0.2, 0.25) is 0 Å². The van der Waals surface area contributed by atoms with Gasteiger partial charge in [0.15, 0.2) is 0 Å². The molecule has 1 heterocycles. The minimum Gasteiger partial charge on any atom is -0.489 e. The lowest BCUT2D eigenvalue weighted by Gasteiger charge is -2.08. The minimum atomic E-state index is -0.909. The van der Waals surface area contributed by atoms with Gasteiger partial charge in [0.25, 0.3) is 11.7 Å². The summed E-state index contributed by atoms with van der Waals surface area (Å²) in [5.74, 6) is -2.99. The van der Waals surface area contributed by atoms with E-state index in [0.29, 0.717) is 5.57 Å². The van der Waals surface area contributed by atoms with Crippen molar-refractivity contribution in [2.45, 2.75) is 13.8 Å². The van der Waals surface area contributed by atoms with Crippen molar-refractivity contribution in [1.82, 2.24) is 5.32 Å². The molecular formula is C14H16FNO6. The van der Waals surface area contributed by atoms with Crippen LogP contribution in [0.5, 0.6) is 5.75 Å². The average Bonchev–Trinajstić information content (AvgIpc) is 2.50. The summed E-state index contributed by atoms with van der Waals surface area (Å²) in [6.07, 6.45) is 0.827. The molecule has 0 aliphatic carbocycles. The van der Waals surface area contributed by atoms with Gasteiger partial charge >= 0.3 is 5.97 Å². The normalized spacial score (nSPS) is 11.5. The number of carbonyl (C=O) groups is 2. The molecule has 0 radical (unpaired) electrons. The van der Waals surface area contributed by atoms with E-state index in [1.165, 1.54) is 13.8 Å². The van der Waals surface area contributed by atoms with Gasteiger partial charge in [-0.1, -0.05) is 0 Å². The van der Waals surface area contributed by atoms with Crippen LogP contribution >= 0.6 is 0 Å². The van der Waals surface area contributed by atoms with Crippen molar-refractivity contribution in [2.75, 3.05) is 20.8 Å². The molecule has 7 nitrogen and oxygen atoms in total. The van der Waals surface area contributed by atoms with Crippen molar-refractivity contribution in [1.29, 1.82) is 0 Å². The fraction of sp³-hybridized carbons (Fsp3) is 0.357.